The van der Waals surface area contributed by atoms with Crippen molar-refractivity contribution in [1.82, 2.24) is 19.2 Å². The summed E-state index contributed by atoms with van der Waals surface area (Å²) in [4.78, 5) is 18.5. The van der Waals surface area contributed by atoms with Gasteiger partial charge in [-0.25, -0.2) is 18.9 Å². The van der Waals surface area contributed by atoms with Gasteiger partial charge in [0.25, 0.3) is 0 Å². The van der Waals surface area contributed by atoms with Crippen LogP contribution in [0.2, 0.25) is 15.1 Å². The smallest absolute Gasteiger partial charge is 0.244 e. The highest BCUT2D eigenvalue weighted by atomic mass is 35.5. The molecule has 3 N–H and O–H groups in total. The highest BCUT2D eigenvalue weighted by Gasteiger charge is 2.33. The zero-order chi connectivity index (χ0) is 23.5. The summed E-state index contributed by atoms with van der Waals surface area (Å²) in [6.45, 7) is 3.44. The number of benzene rings is 1. The van der Waals surface area contributed by atoms with E-state index < -0.39 is 16.1 Å². The number of likely N-dealkylation sites (tertiary alicyclic amines) is 1. The molecular formula is C19H24Cl3N5O4S. The van der Waals surface area contributed by atoms with Gasteiger partial charge in [-0.1, -0.05) is 41.7 Å². The fourth-order valence-corrected chi connectivity index (χ4v) is 6.35. The second-order valence-corrected chi connectivity index (χ2v) is 10.6. The quantitative estimate of drug-likeness (QED) is 0.454. The first-order chi connectivity index (χ1) is 15.1. The first kappa shape index (κ1) is 25.1. The average Bonchev–Trinajstić information content (AvgIpc) is 3.17. The predicted molar refractivity (Wildman–Crippen MR) is 123 cm³/mol. The third-order valence-electron chi connectivity index (χ3n) is 5.40. The van der Waals surface area contributed by atoms with Crippen LogP contribution in [0.1, 0.15) is 26.2 Å². The van der Waals surface area contributed by atoms with Crippen LogP contribution in [0.5, 0.6) is 0 Å². The second kappa shape index (κ2) is 10.6. The van der Waals surface area contributed by atoms with Crippen LogP contribution in [0.4, 0.5) is 5.95 Å². The van der Waals surface area contributed by atoms with Crippen molar-refractivity contribution in [3.8, 4) is 0 Å². The molecule has 1 aliphatic rings. The molecule has 0 saturated carbocycles. The molecule has 1 aliphatic heterocycles. The lowest BCUT2D eigenvalue weighted by Gasteiger charge is -2.33. The molecule has 1 saturated heterocycles. The summed E-state index contributed by atoms with van der Waals surface area (Å²) in [7, 11) is -4.25. The van der Waals surface area contributed by atoms with E-state index in [2.05, 4.69) is 16.6 Å². The van der Waals surface area contributed by atoms with Crippen molar-refractivity contribution >= 4 is 56.7 Å². The van der Waals surface area contributed by atoms with E-state index in [9.17, 15) is 13.2 Å². The fourth-order valence-electron chi connectivity index (χ4n) is 3.58. The Labute approximate surface area is 201 Å². The lowest BCUT2D eigenvalue weighted by Crippen LogP contribution is -2.51. The van der Waals surface area contributed by atoms with Crippen molar-refractivity contribution in [2.45, 2.75) is 43.7 Å². The number of sulfonamides is 1. The Morgan fingerprint density at radius 2 is 1.88 bits per heavy atom. The molecule has 0 radical (unpaired) electrons. The molecule has 32 heavy (non-hydrogen) atoms. The summed E-state index contributed by atoms with van der Waals surface area (Å²) in [5.74, 6) is 0.347. The number of amides is 1. The van der Waals surface area contributed by atoms with Gasteiger partial charge in [0.1, 0.15) is 10.9 Å². The molecule has 3 rings (SSSR count). The molecule has 2 heterocycles. The van der Waals surface area contributed by atoms with Crippen LogP contribution >= 0.6 is 34.8 Å². The van der Waals surface area contributed by atoms with Crippen LogP contribution in [-0.4, -0.2) is 53.1 Å². The lowest BCUT2D eigenvalue weighted by molar-refractivity contribution is -0.134. The summed E-state index contributed by atoms with van der Waals surface area (Å²) in [6, 6.07) is 1.47. The summed E-state index contributed by atoms with van der Waals surface area (Å²) in [5, 5.41) is 9.07. The molecule has 1 aromatic carbocycles. The number of hydrogen-bond acceptors (Lipinski definition) is 6. The minimum atomic E-state index is -4.25. The Morgan fingerprint density at radius 3 is 2.47 bits per heavy atom. The highest BCUT2D eigenvalue weighted by molar-refractivity contribution is 7.89. The lowest BCUT2D eigenvalue weighted by atomic mass is 9.98. The van der Waals surface area contributed by atoms with E-state index in [0.717, 1.165) is 12.8 Å². The molecule has 1 unspecified atom stereocenters. The fraction of sp³-hybridized carbons (Fsp3) is 0.474. The minimum Gasteiger partial charge on any atom is -0.341 e. The van der Waals surface area contributed by atoms with Gasteiger partial charge >= 0.3 is 0 Å². The van der Waals surface area contributed by atoms with Crippen molar-refractivity contribution in [3.63, 3.8) is 0 Å². The maximum atomic E-state index is 13.3. The normalized spacial score (nSPS) is 16.2. The number of nitrogens with one attached hydrogen (secondary N) is 2. The Bertz CT molecular complexity index is 1050. The number of carbonyl (C=O) groups excluding carboxylic acids is 1. The van der Waals surface area contributed by atoms with Gasteiger partial charge in [0, 0.05) is 37.1 Å². The summed E-state index contributed by atoms with van der Waals surface area (Å²) >= 11 is 18.1. The Hall–Kier alpha value is -1.56. The van der Waals surface area contributed by atoms with Crippen molar-refractivity contribution < 1.29 is 18.4 Å². The Balaban J connectivity index is 1.86. The number of aryl methyl sites for hydroxylation is 1. The first-order valence-corrected chi connectivity index (χ1v) is 12.6. The van der Waals surface area contributed by atoms with Gasteiger partial charge in [0.15, 0.2) is 0 Å². The number of piperidine rings is 1. The number of anilines is 1. The largest absolute Gasteiger partial charge is 0.341 e. The van der Waals surface area contributed by atoms with Crippen LogP contribution in [-0.2, 0) is 21.4 Å². The van der Waals surface area contributed by atoms with Gasteiger partial charge in [0.2, 0.25) is 21.9 Å². The standard InChI is InChI=1S/C19H24Cl3N5O4S/c1-12-2-6-26(7-3-12)18(28)16(4-8-27-9-5-23-19(27)24-29)25-32(30,31)17-14(21)10-13(20)11-15(17)22/h5,9-12,16,25,29H,2-4,6-8H2,1H3,(H,23,24). The summed E-state index contributed by atoms with van der Waals surface area (Å²) in [6.07, 6.45) is 4.88. The summed E-state index contributed by atoms with van der Waals surface area (Å²) in [5.41, 5.74) is 1.96. The minimum absolute atomic E-state index is 0.109. The maximum Gasteiger partial charge on any atom is 0.244 e. The molecule has 1 aromatic heterocycles. The average molecular weight is 525 g/mol. The highest BCUT2D eigenvalue weighted by Crippen LogP contribution is 2.33. The maximum absolute atomic E-state index is 13.3. The summed E-state index contributed by atoms with van der Waals surface area (Å²) < 4.78 is 30.3. The molecule has 9 nitrogen and oxygen atoms in total. The number of aromatic nitrogens is 2. The van der Waals surface area contributed by atoms with E-state index >= 15 is 0 Å². The van der Waals surface area contributed by atoms with Crippen LogP contribution in [0.15, 0.2) is 29.4 Å². The molecule has 1 amide bonds. The van der Waals surface area contributed by atoms with E-state index in [-0.39, 0.29) is 44.8 Å². The van der Waals surface area contributed by atoms with E-state index in [1.165, 1.54) is 18.3 Å². The van der Waals surface area contributed by atoms with Gasteiger partial charge in [-0.15, -0.1) is 0 Å². The zero-order valence-electron chi connectivity index (χ0n) is 17.3. The number of carbonyl (C=O) groups is 1. The van der Waals surface area contributed by atoms with Crippen molar-refractivity contribution in [1.29, 1.82) is 0 Å². The van der Waals surface area contributed by atoms with Crippen LogP contribution in [0.25, 0.3) is 0 Å². The van der Waals surface area contributed by atoms with Crippen LogP contribution in [0, 0.1) is 5.92 Å². The van der Waals surface area contributed by atoms with Gasteiger partial charge in [-0.05, 0) is 37.3 Å². The number of imidazole rings is 1. The number of nitrogens with zero attached hydrogens (tertiary/aromatic N) is 3. The van der Waals surface area contributed by atoms with E-state index in [1.54, 1.807) is 15.7 Å². The van der Waals surface area contributed by atoms with Gasteiger partial charge in [0.05, 0.1) is 10.0 Å². The molecule has 1 atom stereocenters. The van der Waals surface area contributed by atoms with Gasteiger partial charge in [-0.3, -0.25) is 10.0 Å². The topological polar surface area (TPSA) is 117 Å². The monoisotopic (exact) mass is 523 g/mol. The second-order valence-electron chi connectivity index (χ2n) is 7.72. The molecule has 176 valence electrons. The number of halogens is 3. The van der Waals surface area contributed by atoms with E-state index in [1.807, 2.05) is 5.48 Å². The van der Waals surface area contributed by atoms with Crippen molar-refractivity contribution in [2.24, 2.45) is 5.92 Å². The van der Waals surface area contributed by atoms with Crippen LogP contribution in [0.3, 0.4) is 0 Å². The van der Waals surface area contributed by atoms with Crippen molar-refractivity contribution in [2.75, 3.05) is 18.6 Å². The van der Waals surface area contributed by atoms with Gasteiger partial charge in [-0.2, -0.15) is 4.72 Å². The molecule has 0 spiro atoms. The van der Waals surface area contributed by atoms with E-state index in [0.29, 0.717) is 19.0 Å². The van der Waals surface area contributed by atoms with E-state index in [4.69, 9.17) is 40.0 Å². The Kier molecular flexibility index (Phi) is 8.29. The number of rotatable bonds is 8. The molecule has 1 fully saturated rings. The predicted octanol–water partition coefficient (Wildman–Crippen LogP) is 3.64. The van der Waals surface area contributed by atoms with Crippen LogP contribution < -0.4 is 10.2 Å². The third kappa shape index (κ3) is 5.86. The molecule has 0 aliphatic carbocycles. The molecule has 2 aromatic rings. The van der Waals surface area contributed by atoms with Crippen molar-refractivity contribution in [3.05, 3.63) is 39.6 Å². The zero-order valence-corrected chi connectivity index (χ0v) is 20.3. The molecular weight excluding hydrogens is 501 g/mol. The van der Waals surface area contributed by atoms with Gasteiger partial charge < -0.3 is 9.47 Å². The number of hydrogen-bond donors (Lipinski definition) is 3. The third-order valence-corrected chi connectivity index (χ3v) is 8.01. The Morgan fingerprint density at radius 1 is 1.25 bits per heavy atom. The molecule has 13 heteroatoms. The first-order valence-electron chi connectivity index (χ1n) is 9.99. The molecule has 0 bridgehead atoms. The SMILES string of the molecule is CC1CCN(C(=O)C(CCn2ccnc2NO)NS(=O)(=O)c2c(Cl)cc(Cl)cc2Cl)CC1.